The fraction of sp³-hybridized carbons (Fsp3) is 0.727. The van der Waals surface area contributed by atoms with Crippen molar-refractivity contribution in [1.29, 1.82) is 0 Å². The number of aromatic amines is 1. The lowest BCUT2D eigenvalue weighted by atomic mass is 10.1. The quantitative estimate of drug-likeness (QED) is 0.897. The summed E-state index contributed by atoms with van der Waals surface area (Å²) in [5.41, 5.74) is -0.334. The molecule has 4 nitrogen and oxygen atoms in total. The highest BCUT2D eigenvalue weighted by molar-refractivity contribution is 5.85. The molecule has 0 saturated carbocycles. The number of piperidine rings is 1. The maximum Gasteiger partial charge on any atom is 0.435 e. The molecule has 8 heteroatoms. The second-order valence-electron chi connectivity index (χ2n) is 4.64. The Balaban J connectivity index is 0.00000180. The molecular weight excluding hydrogens is 281 g/mol. The Hall–Kier alpha value is -0.790. The second-order valence-corrected chi connectivity index (χ2v) is 4.64. The van der Waals surface area contributed by atoms with Crippen LogP contribution in [0.2, 0.25) is 0 Å². The summed E-state index contributed by atoms with van der Waals surface area (Å²) in [6.45, 7) is 2.26. The number of H-pyrrole nitrogens is 1. The van der Waals surface area contributed by atoms with Crippen LogP contribution >= 0.6 is 12.4 Å². The summed E-state index contributed by atoms with van der Waals surface area (Å²) >= 11 is 0. The Morgan fingerprint density at radius 1 is 1.53 bits per heavy atom. The van der Waals surface area contributed by atoms with Gasteiger partial charge in [0.15, 0.2) is 5.69 Å². The standard InChI is InChI=1S/C11H17F3N4.ClH/c1-15-8-3-2-4-18(6-8)7-9-5-10(17-16-9)11(12,13)14;/h5,8,15H,2-4,6-7H2,1H3,(H,16,17);1H. The highest BCUT2D eigenvalue weighted by atomic mass is 35.5. The van der Waals surface area contributed by atoms with E-state index in [1.807, 2.05) is 7.05 Å². The molecule has 1 aliphatic heterocycles. The monoisotopic (exact) mass is 298 g/mol. The van der Waals surface area contributed by atoms with Gasteiger partial charge in [-0.05, 0) is 32.5 Å². The first-order chi connectivity index (χ1) is 8.49. The van der Waals surface area contributed by atoms with E-state index in [0.717, 1.165) is 32.0 Å². The van der Waals surface area contributed by atoms with E-state index >= 15 is 0 Å². The van der Waals surface area contributed by atoms with Crippen molar-refractivity contribution in [2.45, 2.75) is 31.6 Å². The molecule has 1 saturated heterocycles. The van der Waals surface area contributed by atoms with Gasteiger partial charge >= 0.3 is 6.18 Å². The number of nitrogens with one attached hydrogen (secondary N) is 2. The van der Waals surface area contributed by atoms with Crippen LogP contribution in [0.4, 0.5) is 13.2 Å². The lowest BCUT2D eigenvalue weighted by molar-refractivity contribution is -0.141. The van der Waals surface area contributed by atoms with Crippen molar-refractivity contribution in [3.63, 3.8) is 0 Å². The number of alkyl halides is 3. The second kappa shape index (κ2) is 6.58. The van der Waals surface area contributed by atoms with Crippen LogP contribution < -0.4 is 5.32 Å². The van der Waals surface area contributed by atoms with Crippen molar-refractivity contribution in [3.05, 3.63) is 17.5 Å². The van der Waals surface area contributed by atoms with Crippen molar-refractivity contribution < 1.29 is 13.2 Å². The molecule has 0 aromatic carbocycles. The third kappa shape index (κ3) is 4.36. The third-order valence-corrected chi connectivity index (χ3v) is 3.23. The van der Waals surface area contributed by atoms with Gasteiger partial charge in [0.05, 0.1) is 0 Å². The molecule has 1 aliphatic rings. The summed E-state index contributed by atoms with van der Waals surface area (Å²) in [4.78, 5) is 2.14. The molecule has 1 aromatic rings. The third-order valence-electron chi connectivity index (χ3n) is 3.23. The van der Waals surface area contributed by atoms with Gasteiger partial charge in [0.1, 0.15) is 0 Å². The van der Waals surface area contributed by atoms with Crippen LogP contribution in [0, 0.1) is 0 Å². The molecule has 1 atom stereocenters. The van der Waals surface area contributed by atoms with E-state index in [9.17, 15) is 13.2 Å². The number of nitrogens with zero attached hydrogens (tertiary/aromatic N) is 2. The van der Waals surface area contributed by atoms with Gasteiger partial charge in [-0.1, -0.05) is 0 Å². The van der Waals surface area contributed by atoms with Crippen LogP contribution in [0.5, 0.6) is 0 Å². The maximum absolute atomic E-state index is 12.4. The Morgan fingerprint density at radius 3 is 2.84 bits per heavy atom. The van der Waals surface area contributed by atoms with E-state index in [-0.39, 0.29) is 12.4 Å². The van der Waals surface area contributed by atoms with Crippen LogP contribution in [-0.4, -0.2) is 41.3 Å². The largest absolute Gasteiger partial charge is 0.435 e. The van der Waals surface area contributed by atoms with E-state index < -0.39 is 11.9 Å². The van der Waals surface area contributed by atoms with E-state index in [2.05, 4.69) is 20.4 Å². The zero-order valence-corrected chi connectivity index (χ0v) is 11.4. The minimum Gasteiger partial charge on any atom is -0.316 e. The topological polar surface area (TPSA) is 44.0 Å². The number of likely N-dealkylation sites (tertiary alicyclic amines) is 1. The molecule has 110 valence electrons. The van der Waals surface area contributed by atoms with E-state index in [1.54, 1.807) is 0 Å². The fourth-order valence-electron chi connectivity index (χ4n) is 2.26. The Morgan fingerprint density at radius 2 is 2.26 bits per heavy atom. The van der Waals surface area contributed by atoms with Crippen molar-refractivity contribution >= 4 is 12.4 Å². The lowest BCUT2D eigenvalue weighted by Crippen LogP contribution is -2.43. The normalized spacial score (nSPS) is 21.2. The molecular formula is C11H18ClF3N4. The first-order valence-electron chi connectivity index (χ1n) is 6.00. The average molecular weight is 299 g/mol. The van der Waals surface area contributed by atoms with E-state index in [4.69, 9.17) is 0 Å². The first kappa shape index (κ1) is 16.3. The van der Waals surface area contributed by atoms with Gasteiger partial charge in [0.25, 0.3) is 0 Å². The van der Waals surface area contributed by atoms with Crippen LogP contribution in [-0.2, 0) is 12.7 Å². The highest BCUT2D eigenvalue weighted by Crippen LogP contribution is 2.28. The van der Waals surface area contributed by atoms with Gasteiger partial charge in [-0.3, -0.25) is 10.00 Å². The molecule has 2 heterocycles. The van der Waals surface area contributed by atoms with E-state index in [1.165, 1.54) is 0 Å². The fourth-order valence-corrected chi connectivity index (χ4v) is 2.26. The van der Waals surface area contributed by atoms with Gasteiger partial charge < -0.3 is 5.32 Å². The lowest BCUT2D eigenvalue weighted by Gasteiger charge is -2.32. The minimum absolute atomic E-state index is 0. The van der Waals surface area contributed by atoms with Gasteiger partial charge in [-0.2, -0.15) is 18.3 Å². The summed E-state index contributed by atoms with van der Waals surface area (Å²) in [6, 6.07) is 1.51. The summed E-state index contributed by atoms with van der Waals surface area (Å²) in [5.74, 6) is 0. The molecule has 0 radical (unpaired) electrons. The molecule has 2 N–H and O–H groups in total. The molecule has 19 heavy (non-hydrogen) atoms. The molecule has 2 rings (SSSR count). The zero-order chi connectivity index (χ0) is 13.2. The van der Waals surface area contributed by atoms with Crippen molar-refractivity contribution in [3.8, 4) is 0 Å². The minimum atomic E-state index is -4.37. The van der Waals surface area contributed by atoms with Crippen molar-refractivity contribution in [2.75, 3.05) is 20.1 Å². The average Bonchev–Trinajstić information content (AvgIpc) is 2.77. The molecule has 0 aliphatic carbocycles. The van der Waals surface area contributed by atoms with E-state index in [0.29, 0.717) is 18.3 Å². The molecule has 0 bridgehead atoms. The van der Waals surface area contributed by atoms with Crippen LogP contribution in [0.3, 0.4) is 0 Å². The van der Waals surface area contributed by atoms with Crippen molar-refractivity contribution in [2.24, 2.45) is 0 Å². The summed E-state index contributed by atoms with van der Waals surface area (Å²) in [5, 5.41) is 8.96. The molecule has 1 unspecified atom stereocenters. The molecule has 0 spiro atoms. The number of aromatic nitrogens is 2. The van der Waals surface area contributed by atoms with Gasteiger partial charge in [0, 0.05) is 24.8 Å². The highest BCUT2D eigenvalue weighted by Gasteiger charge is 2.34. The van der Waals surface area contributed by atoms with Crippen LogP contribution in [0.1, 0.15) is 24.2 Å². The predicted molar refractivity (Wildman–Crippen MR) is 68.2 cm³/mol. The Kier molecular flexibility index (Phi) is 5.64. The van der Waals surface area contributed by atoms with Gasteiger partial charge in [0.2, 0.25) is 0 Å². The number of hydrogen-bond acceptors (Lipinski definition) is 3. The smallest absolute Gasteiger partial charge is 0.316 e. The Bertz CT molecular complexity index is 394. The molecule has 1 fully saturated rings. The van der Waals surface area contributed by atoms with Crippen molar-refractivity contribution in [1.82, 2.24) is 20.4 Å². The summed E-state index contributed by atoms with van der Waals surface area (Å²) in [6.07, 6.45) is -2.19. The Labute approximate surface area is 116 Å². The predicted octanol–water partition coefficient (Wildman–Crippen LogP) is 2.03. The number of likely N-dealkylation sites (N-methyl/N-ethyl adjacent to an activating group) is 1. The van der Waals surface area contributed by atoms with Gasteiger partial charge in [-0.25, -0.2) is 0 Å². The maximum atomic E-state index is 12.4. The number of hydrogen-bond donors (Lipinski definition) is 2. The number of rotatable bonds is 3. The van der Waals surface area contributed by atoms with Gasteiger partial charge in [-0.15, -0.1) is 12.4 Å². The SMILES string of the molecule is CNC1CCCN(Cc2cc(C(F)(F)F)n[nH]2)C1.Cl. The zero-order valence-electron chi connectivity index (χ0n) is 10.6. The number of halogens is 4. The summed E-state index contributed by atoms with van der Waals surface area (Å²) < 4.78 is 37.2. The molecule has 1 aromatic heterocycles. The van der Waals surface area contributed by atoms with Crippen LogP contribution in [0.15, 0.2) is 6.07 Å². The van der Waals surface area contributed by atoms with Crippen LogP contribution in [0.25, 0.3) is 0 Å². The summed E-state index contributed by atoms with van der Waals surface area (Å²) in [7, 11) is 1.91. The first-order valence-corrected chi connectivity index (χ1v) is 6.00. The molecule has 0 amide bonds.